The molecule has 0 spiro atoms. The molecule has 3 aromatic rings. The molecule has 2 amide bonds. The molecule has 0 bridgehead atoms. The fraction of sp³-hybridized carbons (Fsp3) is 0.500. The second kappa shape index (κ2) is 10.5. The zero-order chi connectivity index (χ0) is 26.2. The highest BCUT2D eigenvalue weighted by Crippen LogP contribution is 2.41. The van der Waals surface area contributed by atoms with Crippen LogP contribution in [0.4, 0.5) is 13.8 Å². The maximum atomic E-state index is 13.9. The molecule has 2 aliphatic rings. The summed E-state index contributed by atoms with van der Waals surface area (Å²) < 4.78 is 29.4. The molecule has 194 valence electrons. The fourth-order valence-corrected chi connectivity index (χ4v) is 5.56. The molecule has 1 aliphatic heterocycles. The zero-order valence-electron chi connectivity index (χ0n) is 21.0. The molecule has 0 unspecified atom stereocenters. The molecule has 0 radical (unpaired) electrons. The first-order chi connectivity index (χ1) is 17.1. The minimum Gasteiger partial charge on any atom is -0.331 e. The number of rotatable bonds is 6. The molecule has 2 fully saturated rings. The summed E-state index contributed by atoms with van der Waals surface area (Å²) in [6.45, 7) is 7.68. The lowest BCUT2D eigenvalue weighted by Crippen LogP contribution is -2.52. The van der Waals surface area contributed by atoms with E-state index in [2.05, 4.69) is 4.98 Å². The number of alkyl halides is 2. The Morgan fingerprint density at radius 1 is 1.25 bits per heavy atom. The number of piperazine rings is 1. The largest absolute Gasteiger partial charge is 0.331 e. The van der Waals surface area contributed by atoms with Crippen LogP contribution in [-0.4, -0.2) is 51.7 Å². The quantitative estimate of drug-likeness (QED) is 0.395. The number of halogens is 3. The number of nitrogens with zero attached hydrogens (tertiary/aromatic N) is 4. The predicted molar refractivity (Wildman–Crippen MR) is 140 cm³/mol. The molecule has 1 saturated carbocycles. The first-order valence-corrected chi connectivity index (χ1v) is 13.5. The fourth-order valence-electron chi connectivity index (χ4n) is 4.41. The van der Waals surface area contributed by atoms with Crippen molar-refractivity contribution in [1.82, 2.24) is 14.3 Å². The van der Waals surface area contributed by atoms with Crippen LogP contribution in [0.3, 0.4) is 0 Å². The number of thiophene rings is 1. The lowest BCUT2D eigenvalue weighted by Gasteiger charge is -2.33. The zero-order valence-corrected chi connectivity index (χ0v) is 22.6. The maximum absolute atomic E-state index is 13.9. The van der Waals surface area contributed by atoms with Crippen molar-refractivity contribution in [3.05, 3.63) is 51.2 Å². The summed E-state index contributed by atoms with van der Waals surface area (Å²) in [6, 6.07) is 5.68. The lowest BCUT2D eigenvalue weighted by molar-refractivity contribution is -0.136. The van der Waals surface area contributed by atoms with Crippen LogP contribution in [0.25, 0.3) is 5.65 Å². The van der Waals surface area contributed by atoms with Gasteiger partial charge in [-0.2, -0.15) is 0 Å². The van der Waals surface area contributed by atoms with Gasteiger partial charge in [-0.15, -0.1) is 11.3 Å². The van der Waals surface area contributed by atoms with Gasteiger partial charge in [-0.1, -0.05) is 31.5 Å². The lowest BCUT2D eigenvalue weighted by atomic mass is 10.1. The number of hydrogen-bond acceptors (Lipinski definition) is 4. The van der Waals surface area contributed by atoms with Gasteiger partial charge in [0.15, 0.2) is 0 Å². The average molecular weight is 537 g/mol. The molecule has 36 heavy (non-hydrogen) atoms. The number of fused-ring (bicyclic) bond motifs is 1. The van der Waals surface area contributed by atoms with Gasteiger partial charge in [0.05, 0.1) is 17.1 Å². The van der Waals surface area contributed by atoms with Crippen molar-refractivity contribution < 1.29 is 18.4 Å². The smallest absolute Gasteiger partial charge is 0.249 e. The normalized spacial score (nSPS) is 16.4. The molecule has 1 aliphatic carbocycles. The van der Waals surface area contributed by atoms with E-state index in [9.17, 15) is 18.4 Å². The van der Waals surface area contributed by atoms with Gasteiger partial charge in [0.25, 0.3) is 0 Å². The standard InChI is InChI=1S/C24H25ClF2N4O2S.C2H6/c1-14-3-6-21(34-14)30-8-7-29(13-20(30)33)19(32)10-18-22(25)31-12-17(15-4-5-15)9-16(23(31)28-18)11-24(2,26)27;1-2/h3,6,9,12,15H,4-5,7-8,10-11,13H2,1-2H3;1-2H3. The van der Waals surface area contributed by atoms with Gasteiger partial charge < -0.3 is 9.80 Å². The Labute approximate surface area is 218 Å². The molecular weight excluding hydrogens is 506 g/mol. The van der Waals surface area contributed by atoms with E-state index in [-0.39, 0.29) is 29.9 Å². The summed E-state index contributed by atoms with van der Waals surface area (Å²) in [7, 11) is 0. The van der Waals surface area contributed by atoms with E-state index in [0.29, 0.717) is 35.9 Å². The summed E-state index contributed by atoms with van der Waals surface area (Å²) in [5.74, 6) is -2.93. The third-order valence-electron chi connectivity index (χ3n) is 6.26. The Morgan fingerprint density at radius 2 is 1.97 bits per heavy atom. The Hall–Kier alpha value is -2.52. The molecule has 10 heteroatoms. The second-order valence-electron chi connectivity index (χ2n) is 9.28. The van der Waals surface area contributed by atoms with E-state index in [1.165, 1.54) is 4.90 Å². The summed E-state index contributed by atoms with van der Waals surface area (Å²) in [5, 5.41) is 1.13. The van der Waals surface area contributed by atoms with E-state index in [4.69, 9.17) is 11.6 Å². The van der Waals surface area contributed by atoms with Crippen molar-refractivity contribution in [3.8, 4) is 0 Å². The first kappa shape index (κ1) is 26.5. The summed E-state index contributed by atoms with van der Waals surface area (Å²) in [6.07, 6.45) is 3.36. The molecule has 0 atom stereocenters. The number of aromatic nitrogens is 2. The van der Waals surface area contributed by atoms with Crippen molar-refractivity contribution in [2.45, 2.75) is 65.2 Å². The second-order valence-corrected chi connectivity index (χ2v) is 10.9. The number of aryl methyl sites for hydroxylation is 1. The topological polar surface area (TPSA) is 57.9 Å². The van der Waals surface area contributed by atoms with Crippen LogP contribution in [0.2, 0.25) is 5.15 Å². The molecular formula is C26H31ClF2N4O2S. The molecule has 0 N–H and O–H groups in total. The van der Waals surface area contributed by atoms with Gasteiger partial charge in [0.1, 0.15) is 17.3 Å². The monoisotopic (exact) mass is 536 g/mol. The van der Waals surface area contributed by atoms with E-state index in [0.717, 1.165) is 35.2 Å². The predicted octanol–water partition coefficient (Wildman–Crippen LogP) is 5.88. The minimum atomic E-state index is -2.89. The van der Waals surface area contributed by atoms with Gasteiger partial charge in [-0.05, 0) is 50.3 Å². The van der Waals surface area contributed by atoms with Crippen LogP contribution < -0.4 is 4.90 Å². The van der Waals surface area contributed by atoms with Crippen LogP contribution in [0, 0.1) is 6.92 Å². The number of imidazole rings is 1. The summed E-state index contributed by atoms with van der Waals surface area (Å²) >= 11 is 8.13. The van der Waals surface area contributed by atoms with E-state index in [1.54, 1.807) is 26.7 Å². The third kappa shape index (κ3) is 5.72. The van der Waals surface area contributed by atoms with E-state index < -0.39 is 12.3 Å². The third-order valence-corrected chi connectivity index (χ3v) is 7.68. The van der Waals surface area contributed by atoms with E-state index in [1.807, 2.05) is 39.1 Å². The molecule has 0 aromatic carbocycles. The number of amides is 2. The first-order valence-electron chi connectivity index (χ1n) is 12.3. The molecule has 5 rings (SSSR count). The molecule has 1 saturated heterocycles. The van der Waals surface area contributed by atoms with Crippen LogP contribution in [0.15, 0.2) is 24.4 Å². The molecule has 6 nitrogen and oxygen atoms in total. The average Bonchev–Trinajstić information content (AvgIpc) is 3.52. The summed E-state index contributed by atoms with van der Waals surface area (Å²) in [4.78, 5) is 34.5. The molecule has 4 heterocycles. The Bertz CT molecular complexity index is 1280. The Balaban J connectivity index is 0.00000148. The number of anilines is 1. The SMILES string of the molecule is CC.Cc1ccc(N2CCN(C(=O)Cc3nc4c(CC(C)(F)F)cc(C5CC5)cn4c3Cl)CC2=O)s1. The van der Waals surface area contributed by atoms with Crippen LogP contribution in [-0.2, 0) is 22.4 Å². The van der Waals surface area contributed by atoms with Crippen LogP contribution in [0.1, 0.15) is 61.2 Å². The number of hydrogen-bond donors (Lipinski definition) is 0. The number of carbonyl (C=O) groups is 2. The van der Waals surface area contributed by atoms with Crippen molar-refractivity contribution >= 4 is 45.4 Å². The summed E-state index contributed by atoms with van der Waals surface area (Å²) in [5.41, 5.74) is 2.08. The van der Waals surface area contributed by atoms with Crippen LogP contribution in [0.5, 0.6) is 0 Å². The molecule has 3 aromatic heterocycles. The number of pyridine rings is 1. The van der Waals surface area contributed by atoms with Gasteiger partial charge in [0.2, 0.25) is 17.7 Å². The van der Waals surface area contributed by atoms with Gasteiger partial charge >= 0.3 is 0 Å². The highest BCUT2D eigenvalue weighted by molar-refractivity contribution is 7.16. The highest BCUT2D eigenvalue weighted by Gasteiger charge is 2.32. The van der Waals surface area contributed by atoms with Crippen molar-refractivity contribution in [1.29, 1.82) is 0 Å². The van der Waals surface area contributed by atoms with Crippen molar-refractivity contribution in [2.75, 3.05) is 24.5 Å². The van der Waals surface area contributed by atoms with Crippen LogP contribution >= 0.6 is 22.9 Å². The minimum absolute atomic E-state index is 0.0140. The van der Waals surface area contributed by atoms with Crippen molar-refractivity contribution in [2.24, 2.45) is 0 Å². The maximum Gasteiger partial charge on any atom is 0.249 e. The highest BCUT2D eigenvalue weighted by atomic mass is 35.5. The Morgan fingerprint density at radius 3 is 2.56 bits per heavy atom. The van der Waals surface area contributed by atoms with Gasteiger partial charge in [0, 0.05) is 36.1 Å². The number of carbonyl (C=O) groups excluding carboxylic acids is 2. The van der Waals surface area contributed by atoms with Crippen molar-refractivity contribution in [3.63, 3.8) is 0 Å². The Kier molecular flexibility index (Phi) is 7.71. The van der Waals surface area contributed by atoms with Gasteiger partial charge in [-0.3, -0.25) is 14.0 Å². The van der Waals surface area contributed by atoms with Gasteiger partial charge in [-0.25, -0.2) is 13.8 Å². The van der Waals surface area contributed by atoms with E-state index >= 15 is 0 Å².